The molecule has 0 radical (unpaired) electrons. The van der Waals surface area contributed by atoms with Gasteiger partial charge in [-0.25, -0.2) is 4.21 Å². The minimum atomic E-state index is -1.52. The molecule has 1 aliphatic heterocycles. The maximum absolute atomic E-state index is 12.1. The third kappa shape index (κ3) is 5.19. The number of H-pyrrole nitrogens is 1. The van der Waals surface area contributed by atoms with Crippen molar-refractivity contribution in [2.24, 2.45) is 11.1 Å². The maximum Gasteiger partial charge on any atom is 0.249 e. The van der Waals surface area contributed by atoms with Crippen LogP contribution in [-0.4, -0.2) is 32.1 Å². The smallest absolute Gasteiger partial charge is 0.249 e. The van der Waals surface area contributed by atoms with Gasteiger partial charge in [0.05, 0.1) is 25.8 Å². The summed E-state index contributed by atoms with van der Waals surface area (Å²) in [6.45, 7) is 5.30. The van der Waals surface area contributed by atoms with E-state index >= 15 is 0 Å². The molecule has 4 N–H and O–H groups in total. The van der Waals surface area contributed by atoms with Gasteiger partial charge in [0, 0.05) is 37.1 Å². The van der Waals surface area contributed by atoms with Crippen molar-refractivity contribution in [3.8, 4) is 5.75 Å². The molecule has 2 aromatic rings. The van der Waals surface area contributed by atoms with E-state index in [1.54, 1.807) is 18.3 Å². The third-order valence-corrected chi connectivity index (χ3v) is 7.94. The van der Waals surface area contributed by atoms with Crippen molar-refractivity contribution in [3.63, 3.8) is 0 Å². The second-order valence-corrected chi connectivity index (χ2v) is 10.9. The highest BCUT2D eigenvalue weighted by atomic mass is 35.5. The summed E-state index contributed by atoms with van der Waals surface area (Å²) < 4.78 is 11.5. The number of hydrogen-bond acceptors (Lipinski definition) is 4. The molecule has 0 amide bonds. The Bertz CT molecular complexity index is 988. The number of aromatic nitrogens is 1. The van der Waals surface area contributed by atoms with Gasteiger partial charge >= 0.3 is 0 Å². The van der Waals surface area contributed by atoms with Crippen molar-refractivity contribution < 1.29 is 9.32 Å². The van der Waals surface area contributed by atoms with Crippen LogP contribution in [0.15, 0.2) is 35.3 Å². The van der Waals surface area contributed by atoms with Crippen LogP contribution in [0.2, 0.25) is 10.0 Å². The van der Waals surface area contributed by atoms with Gasteiger partial charge in [-0.3, -0.25) is 9.93 Å². The van der Waals surface area contributed by atoms with Gasteiger partial charge in [0.2, 0.25) is 5.56 Å². The number of nitrogens with two attached hydrogens (primary N) is 1. The lowest BCUT2D eigenvalue weighted by atomic mass is 9.75. The highest BCUT2D eigenvalue weighted by molar-refractivity contribution is 7.84. The number of rotatable bonds is 6. The van der Waals surface area contributed by atoms with Crippen LogP contribution in [0.3, 0.4) is 0 Å². The summed E-state index contributed by atoms with van der Waals surface area (Å²) in [6, 6.07) is 6.67. The fourth-order valence-electron chi connectivity index (χ4n) is 4.18. The van der Waals surface area contributed by atoms with Gasteiger partial charge < -0.3 is 15.0 Å². The summed E-state index contributed by atoms with van der Waals surface area (Å²) in [5.74, 6) is 0.239. The molecule has 1 aromatic carbocycles. The zero-order valence-electron chi connectivity index (χ0n) is 17.0. The number of aromatic amines is 1. The molecule has 6 nitrogen and oxygen atoms in total. The minimum Gasteiger partial charge on any atom is -0.508 e. The molecule has 1 aromatic heterocycles. The van der Waals surface area contributed by atoms with Crippen LogP contribution in [0.4, 0.5) is 5.69 Å². The van der Waals surface area contributed by atoms with E-state index in [1.807, 2.05) is 19.9 Å². The molecule has 0 spiro atoms. The second-order valence-electron chi connectivity index (χ2n) is 8.43. The van der Waals surface area contributed by atoms with Gasteiger partial charge in [0.1, 0.15) is 5.75 Å². The van der Waals surface area contributed by atoms with E-state index in [0.29, 0.717) is 22.0 Å². The number of aromatic hydroxyl groups is 1. The number of benzene rings is 1. The molecule has 1 fully saturated rings. The molecule has 0 bridgehead atoms. The normalized spacial score (nSPS) is 17.7. The van der Waals surface area contributed by atoms with Crippen molar-refractivity contribution in [3.05, 3.63) is 56.4 Å². The lowest BCUT2D eigenvalue weighted by Gasteiger charge is -2.39. The van der Waals surface area contributed by atoms with Crippen molar-refractivity contribution in [2.75, 3.05) is 18.0 Å². The number of phenolic OH excluding ortho intramolecular Hbond substituents is 1. The molecule has 3 rings (SSSR count). The molecule has 0 aliphatic carbocycles. The van der Waals surface area contributed by atoms with Gasteiger partial charge in [0.25, 0.3) is 0 Å². The van der Waals surface area contributed by atoms with Crippen LogP contribution < -0.4 is 15.6 Å². The van der Waals surface area contributed by atoms with E-state index in [0.717, 1.165) is 31.6 Å². The average molecular weight is 472 g/mol. The number of nitrogens with zero attached hydrogens (tertiary/aromatic N) is 1. The number of pyridine rings is 1. The first kappa shape index (κ1) is 23.1. The van der Waals surface area contributed by atoms with Crippen molar-refractivity contribution in [1.29, 1.82) is 0 Å². The van der Waals surface area contributed by atoms with E-state index in [2.05, 4.69) is 9.88 Å². The summed E-state index contributed by atoms with van der Waals surface area (Å²) >= 11 is 12.3. The molecule has 30 heavy (non-hydrogen) atoms. The first-order chi connectivity index (χ1) is 14.1. The monoisotopic (exact) mass is 471 g/mol. The number of halogens is 2. The quantitative estimate of drug-likeness (QED) is 0.588. The summed E-state index contributed by atoms with van der Waals surface area (Å²) in [7, 11) is -1.52. The van der Waals surface area contributed by atoms with E-state index < -0.39 is 15.7 Å². The number of piperidine rings is 1. The molecule has 0 saturated carbocycles. The zero-order valence-corrected chi connectivity index (χ0v) is 19.4. The third-order valence-electron chi connectivity index (χ3n) is 5.96. The van der Waals surface area contributed by atoms with E-state index in [-0.39, 0.29) is 23.1 Å². The number of anilines is 1. The first-order valence-corrected chi connectivity index (χ1v) is 11.8. The number of nitrogens with one attached hydrogen (secondary N) is 1. The Labute approximate surface area is 189 Å². The Balaban J connectivity index is 1.87. The van der Waals surface area contributed by atoms with Crippen LogP contribution in [0.5, 0.6) is 5.75 Å². The summed E-state index contributed by atoms with van der Waals surface area (Å²) in [4.78, 5) is 16.5. The van der Waals surface area contributed by atoms with Gasteiger partial charge in [-0.1, -0.05) is 23.2 Å². The Morgan fingerprint density at radius 1 is 1.27 bits per heavy atom. The van der Waals surface area contributed by atoms with E-state index in [1.165, 1.54) is 6.07 Å². The second kappa shape index (κ2) is 9.30. The summed E-state index contributed by atoms with van der Waals surface area (Å²) in [5, 5.41) is 17.0. The molecule has 164 valence electrons. The van der Waals surface area contributed by atoms with Gasteiger partial charge in [-0.05, 0) is 62.6 Å². The topological polar surface area (TPSA) is 99.4 Å². The number of phenols is 1. The van der Waals surface area contributed by atoms with Crippen LogP contribution in [-0.2, 0) is 11.0 Å². The van der Waals surface area contributed by atoms with Crippen LogP contribution in [0, 0.1) is 5.92 Å². The van der Waals surface area contributed by atoms with Crippen LogP contribution in [0.25, 0.3) is 0 Å². The van der Waals surface area contributed by atoms with Gasteiger partial charge in [-0.15, -0.1) is 0 Å². The Morgan fingerprint density at radius 2 is 1.90 bits per heavy atom. The Kier molecular flexibility index (Phi) is 7.17. The van der Waals surface area contributed by atoms with Crippen molar-refractivity contribution in [2.45, 2.75) is 43.8 Å². The lowest BCUT2D eigenvalue weighted by Crippen LogP contribution is -2.39. The minimum absolute atomic E-state index is 0.0800. The molecule has 2 heterocycles. The Morgan fingerprint density at radius 3 is 2.50 bits per heavy atom. The standard InChI is InChI=1S/C21H27Cl2N3O3S/c1-21(2,30(24)29)12-16(15-10-17(22)18(23)11-19(15)27)13-4-7-26(8-5-13)14-3-6-25-20(28)9-14/h3,6,9-11,13,16,27H,4-5,7-8,12,24H2,1-2H3,(H,25,28)/t16-,30?/m1/s1. The molecule has 9 heteroatoms. The average Bonchev–Trinajstić information content (AvgIpc) is 2.69. The SMILES string of the molecule is CC(C)(C[C@@H](c1cc(Cl)c(Cl)cc1O)C1CCN(c2cc[nH]c(=O)c2)CC1)S(N)=O. The van der Waals surface area contributed by atoms with Gasteiger partial charge in [0.15, 0.2) is 0 Å². The predicted octanol–water partition coefficient (Wildman–Crippen LogP) is 4.18. The van der Waals surface area contributed by atoms with Crippen LogP contribution >= 0.6 is 23.2 Å². The van der Waals surface area contributed by atoms with Gasteiger partial charge in [-0.2, -0.15) is 0 Å². The van der Waals surface area contributed by atoms with E-state index in [4.69, 9.17) is 28.3 Å². The fraction of sp³-hybridized carbons (Fsp3) is 0.476. The molecular formula is C21H27Cl2N3O3S. The van der Waals surface area contributed by atoms with Crippen molar-refractivity contribution in [1.82, 2.24) is 4.98 Å². The van der Waals surface area contributed by atoms with E-state index in [9.17, 15) is 14.1 Å². The highest BCUT2D eigenvalue weighted by Crippen LogP contribution is 2.45. The summed E-state index contributed by atoms with van der Waals surface area (Å²) in [5.41, 5.74) is 1.48. The maximum atomic E-state index is 12.1. The molecular weight excluding hydrogens is 445 g/mol. The molecule has 1 aliphatic rings. The molecule has 2 atom stereocenters. The largest absolute Gasteiger partial charge is 0.508 e. The summed E-state index contributed by atoms with van der Waals surface area (Å²) in [6.07, 6.45) is 3.89. The Hall–Kier alpha value is -1.54. The fourth-order valence-corrected chi connectivity index (χ4v) is 4.85. The predicted molar refractivity (Wildman–Crippen MR) is 124 cm³/mol. The molecule has 1 unspecified atom stereocenters. The highest BCUT2D eigenvalue weighted by Gasteiger charge is 2.36. The zero-order chi connectivity index (χ0) is 22.1. The number of hydrogen-bond donors (Lipinski definition) is 3. The molecule has 1 saturated heterocycles. The lowest BCUT2D eigenvalue weighted by molar-refractivity contribution is 0.304. The first-order valence-electron chi connectivity index (χ1n) is 9.86. The van der Waals surface area contributed by atoms with Crippen LogP contribution in [0.1, 0.15) is 44.6 Å². The van der Waals surface area contributed by atoms with Crippen molar-refractivity contribution >= 4 is 39.9 Å².